The summed E-state index contributed by atoms with van der Waals surface area (Å²) in [6, 6.07) is 12.2. The van der Waals surface area contributed by atoms with Crippen molar-refractivity contribution in [1.82, 2.24) is 5.09 Å². The number of esters is 1. The van der Waals surface area contributed by atoms with E-state index in [9.17, 15) is 9.36 Å². The van der Waals surface area contributed by atoms with Crippen molar-refractivity contribution < 1.29 is 18.6 Å². The van der Waals surface area contributed by atoms with Crippen molar-refractivity contribution in [2.45, 2.75) is 33.2 Å². The molecule has 2 aromatic rings. The van der Waals surface area contributed by atoms with Crippen LogP contribution in [0.4, 0.5) is 0 Å². The fourth-order valence-corrected chi connectivity index (χ4v) is 4.59. The van der Waals surface area contributed by atoms with E-state index in [4.69, 9.17) is 20.5 Å². The molecule has 0 saturated heterocycles. The summed E-state index contributed by atoms with van der Waals surface area (Å²) < 4.78 is 23.9. The van der Waals surface area contributed by atoms with E-state index in [0.717, 1.165) is 10.8 Å². The van der Waals surface area contributed by atoms with Gasteiger partial charge in [0.2, 0.25) is 0 Å². The van der Waals surface area contributed by atoms with Crippen LogP contribution in [-0.4, -0.2) is 30.6 Å². The van der Waals surface area contributed by atoms with E-state index in [1.54, 1.807) is 23.9 Å². The Morgan fingerprint density at radius 2 is 1.89 bits per heavy atom. The molecule has 2 atom stereocenters. The highest BCUT2D eigenvalue weighted by Gasteiger charge is 2.32. The molecule has 5 nitrogen and oxygen atoms in total. The van der Waals surface area contributed by atoms with Gasteiger partial charge in [-0.15, -0.1) is 0 Å². The lowest BCUT2D eigenvalue weighted by atomic mass is 9.99. The average molecular weight is 444 g/mol. The molecule has 8 heteroatoms. The Balaban J connectivity index is 2.14. The molecule has 0 bridgehead atoms. The zero-order chi connectivity index (χ0) is 20.8. The quantitative estimate of drug-likeness (QED) is 0.386. The van der Waals surface area contributed by atoms with E-state index in [-0.39, 0.29) is 12.0 Å². The van der Waals surface area contributed by atoms with Crippen molar-refractivity contribution in [1.29, 1.82) is 0 Å². The number of rotatable bonds is 9. The molecule has 0 aliphatic carbocycles. The van der Waals surface area contributed by atoms with Crippen LogP contribution in [0.15, 0.2) is 42.5 Å². The van der Waals surface area contributed by atoms with Crippen molar-refractivity contribution in [2.75, 3.05) is 18.6 Å². The molecular formula is C20H27ClNO4PS. The number of hydrogen-bond acceptors (Lipinski definition) is 5. The number of fused-ring (bicyclic) bond motifs is 1. The zero-order valence-corrected chi connectivity index (χ0v) is 19.1. The molecule has 0 aromatic heterocycles. The number of ether oxygens (including phenoxy) is 1. The summed E-state index contributed by atoms with van der Waals surface area (Å²) in [6.45, 7) is 2.36. The second-order valence-corrected chi connectivity index (χ2v) is 11.4. The summed E-state index contributed by atoms with van der Waals surface area (Å²) in [6.07, 6.45) is 2.37. The van der Waals surface area contributed by atoms with Gasteiger partial charge in [0.25, 0.3) is 0 Å². The van der Waals surface area contributed by atoms with Crippen molar-refractivity contribution in [3.63, 3.8) is 0 Å². The van der Waals surface area contributed by atoms with Gasteiger partial charge in [0.1, 0.15) is 11.8 Å². The van der Waals surface area contributed by atoms with E-state index >= 15 is 0 Å². The molecule has 1 N–H and O–H groups in total. The molecule has 0 radical (unpaired) electrons. The van der Waals surface area contributed by atoms with Gasteiger partial charge in [-0.2, -0.15) is 11.8 Å². The van der Waals surface area contributed by atoms with Crippen LogP contribution >= 0.6 is 29.9 Å². The highest BCUT2D eigenvalue weighted by Crippen LogP contribution is 2.50. The highest BCUT2D eigenvalue weighted by atomic mass is 35.7. The fourth-order valence-electron chi connectivity index (χ4n) is 2.47. The van der Waals surface area contributed by atoms with Crippen LogP contribution in [0.5, 0.6) is 5.75 Å². The van der Waals surface area contributed by atoms with E-state index in [2.05, 4.69) is 5.09 Å². The van der Waals surface area contributed by atoms with Crippen LogP contribution < -0.4 is 9.61 Å². The Kier molecular flexibility index (Phi) is 8.26. The van der Waals surface area contributed by atoms with Gasteiger partial charge >= 0.3 is 12.8 Å². The van der Waals surface area contributed by atoms with Crippen molar-refractivity contribution in [3.8, 4) is 5.75 Å². The lowest BCUT2D eigenvalue weighted by Gasteiger charge is -2.24. The minimum atomic E-state index is -3.82. The SMILES string of the molecule is CSCC[C@H](NP(=O)(Cl)Oc1cccc2ccccc12)C(=O)OCC(C)(C)C. The Labute approximate surface area is 175 Å². The molecule has 0 aliphatic heterocycles. The standard InChI is InChI=1S/C20H27ClNO4PS/c1-20(2,3)14-25-19(23)17(12-13-28-4)22-27(21,24)26-18-11-7-9-15-8-5-6-10-16(15)18/h5-11,17H,12-14H2,1-4H3,(H,22,24)/t17-,27?/m0/s1. The van der Waals surface area contributed by atoms with Gasteiger partial charge in [-0.3, -0.25) is 4.79 Å². The molecule has 154 valence electrons. The number of nitrogens with one attached hydrogen (secondary N) is 1. The molecule has 2 rings (SSSR count). The van der Waals surface area contributed by atoms with Gasteiger partial charge < -0.3 is 9.26 Å². The largest absolute Gasteiger partial charge is 0.464 e. The summed E-state index contributed by atoms with van der Waals surface area (Å²) >= 11 is 7.77. The number of halogens is 1. The Bertz CT molecular complexity index is 850. The smallest absolute Gasteiger partial charge is 0.409 e. The Hall–Kier alpha value is -1.20. The molecule has 0 aliphatic rings. The summed E-state index contributed by atoms with van der Waals surface area (Å²) in [5.41, 5.74) is -0.163. The first-order valence-corrected chi connectivity index (χ1v) is 12.9. The van der Waals surface area contributed by atoms with E-state index in [1.807, 2.05) is 57.4 Å². The fraction of sp³-hybridized carbons (Fsp3) is 0.450. The maximum absolute atomic E-state index is 12.9. The maximum Gasteiger partial charge on any atom is 0.409 e. The summed E-state index contributed by atoms with van der Waals surface area (Å²) in [5, 5.41) is 4.43. The third kappa shape index (κ3) is 7.32. The van der Waals surface area contributed by atoms with Crippen LogP contribution in [0.2, 0.25) is 0 Å². The number of benzene rings is 2. The van der Waals surface area contributed by atoms with Crippen molar-refractivity contribution in [3.05, 3.63) is 42.5 Å². The first-order chi connectivity index (χ1) is 13.1. The van der Waals surface area contributed by atoms with Gasteiger partial charge in [-0.1, -0.05) is 57.2 Å². The molecule has 0 heterocycles. The van der Waals surface area contributed by atoms with E-state index in [0.29, 0.717) is 17.9 Å². The summed E-state index contributed by atoms with van der Waals surface area (Å²) in [7, 11) is 0. The van der Waals surface area contributed by atoms with Crippen molar-refractivity contribution in [2.24, 2.45) is 5.41 Å². The number of carbonyl (C=O) groups is 1. The molecule has 0 amide bonds. The van der Waals surface area contributed by atoms with Crippen LogP contribution in [-0.2, 0) is 14.1 Å². The highest BCUT2D eigenvalue weighted by molar-refractivity contribution is 7.98. The zero-order valence-electron chi connectivity index (χ0n) is 16.6. The predicted octanol–water partition coefficient (Wildman–Crippen LogP) is 5.87. The van der Waals surface area contributed by atoms with Gasteiger partial charge in [0.15, 0.2) is 0 Å². The van der Waals surface area contributed by atoms with Crippen LogP contribution in [0.3, 0.4) is 0 Å². The summed E-state index contributed by atoms with van der Waals surface area (Å²) in [4.78, 5) is 12.5. The van der Waals surface area contributed by atoms with Gasteiger partial charge in [0, 0.05) is 16.6 Å². The minimum Gasteiger partial charge on any atom is -0.464 e. The predicted molar refractivity (Wildman–Crippen MR) is 118 cm³/mol. The minimum absolute atomic E-state index is 0.163. The first kappa shape index (κ1) is 23.1. The van der Waals surface area contributed by atoms with Gasteiger partial charge in [-0.25, -0.2) is 9.65 Å². The summed E-state index contributed by atoms with van der Waals surface area (Å²) in [5.74, 6) is 0.606. The van der Waals surface area contributed by atoms with E-state index < -0.39 is 18.9 Å². The van der Waals surface area contributed by atoms with Gasteiger partial charge in [-0.05, 0) is 35.3 Å². The second-order valence-electron chi connectivity index (χ2n) is 7.68. The van der Waals surface area contributed by atoms with E-state index in [1.165, 1.54) is 0 Å². The monoisotopic (exact) mass is 443 g/mol. The topological polar surface area (TPSA) is 64.6 Å². The number of thioether (sulfide) groups is 1. The van der Waals surface area contributed by atoms with Crippen LogP contribution in [0.1, 0.15) is 27.2 Å². The molecule has 0 saturated carbocycles. The maximum atomic E-state index is 12.9. The molecule has 2 aromatic carbocycles. The molecule has 1 unspecified atom stereocenters. The average Bonchev–Trinajstić information content (AvgIpc) is 2.62. The molecule has 0 spiro atoms. The first-order valence-electron chi connectivity index (χ1n) is 9.02. The number of hydrogen-bond donors (Lipinski definition) is 1. The second kappa shape index (κ2) is 10.0. The third-order valence-electron chi connectivity index (χ3n) is 3.82. The van der Waals surface area contributed by atoms with Crippen LogP contribution in [0, 0.1) is 5.41 Å². The lowest BCUT2D eigenvalue weighted by Crippen LogP contribution is -2.38. The molecule has 0 fully saturated rings. The Morgan fingerprint density at radius 1 is 1.21 bits per heavy atom. The molecule has 28 heavy (non-hydrogen) atoms. The lowest BCUT2D eigenvalue weighted by molar-refractivity contribution is -0.148. The Morgan fingerprint density at radius 3 is 2.57 bits per heavy atom. The third-order valence-corrected chi connectivity index (χ3v) is 6.01. The molecular weight excluding hydrogens is 417 g/mol. The van der Waals surface area contributed by atoms with Gasteiger partial charge in [0.05, 0.1) is 6.61 Å². The normalized spacial score (nSPS) is 15.0. The van der Waals surface area contributed by atoms with Crippen molar-refractivity contribution >= 4 is 46.6 Å². The number of carbonyl (C=O) groups excluding carboxylic acids is 1. The van der Waals surface area contributed by atoms with Crippen LogP contribution in [0.25, 0.3) is 10.8 Å².